The van der Waals surface area contributed by atoms with E-state index in [0.717, 1.165) is 25.3 Å². The molecule has 1 aliphatic heterocycles. The van der Waals surface area contributed by atoms with Crippen LogP contribution < -0.4 is 10.2 Å². The standard InChI is InChI=1S/C19H27N5O/c1-15-13-22(3)18-8-5-4-7-17(18)14-24(15)19(25)21-9-6-11-23-12-10-20-16(23)2/h4-5,7-8,10,12,15H,6,9,11,13-14H2,1-3H3,(H,21,25)/t15-/m0/s1. The van der Waals surface area contributed by atoms with Crippen molar-refractivity contribution in [2.45, 2.75) is 39.4 Å². The summed E-state index contributed by atoms with van der Waals surface area (Å²) >= 11 is 0. The van der Waals surface area contributed by atoms with Crippen LogP contribution >= 0.6 is 0 Å². The number of aromatic nitrogens is 2. The molecule has 0 bridgehead atoms. The zero-order chi connectivity index (χ0) is 17.8. The van der Waals surface area contributed by atoms with Crippen molar-refractivity contribution in [1.82, 2.24) is 19.8 Å². The number of benzene rings is 1. The fourth-order valence-corrected chi connectivity index (χ4v) is 3.41. The first-order valence-electron chi connectivity index (χ1n) is 8.87. The number of hydrogen-bond donors (Lipinski definition) is 1. The van der Waals surface area contributed by atoms with Gasteiger partial charge in [0.25, 0.3) is 0 Å². The zero-order valence-electron chi connectivity index (χ0n) is 15.3. The predicted molar refractivity (Wildman–Crippen MR) is 99.7 cm³/mol. The Labute approximate surface area is 149 Å². The van der Waals surface area contributed by atoms with E-state index < -0.39 is 0 Å². The van der Waals surface area contributed by atoms with E-state index in [0.29, 0.717) is 13.1 Å². The number of nitrogens with zero attached hydrogens (tertiary/aromatic N) is 4. The fourth-order valence-electron chi connectivity index (χ4n) is 3.41. The molecule has 2 aromatic rings. The number of likely N-dealkylation sites (N-methyl/N-ethyl adjacent to an activating group) is 1. The maximum atomic E-state index is 12.7. The van der Waals surface area contributed by atoms with Crippen molar-refractivity contribution < 1.29 is 4.79 Å². The van der Waals surface area contributed by atoms with Gasteiger partial charge < -0.3 is 19.7 Å². The Morgan fingerprint density at radius 1 is 1.36 bits per heavy atom. The summed E-state index contributed by atoms with van der Waals surface area (Å²) in [6.07, 6.45) is 4.67. The molecule has 6 heteroatoms. The quantitative estimate of drug-likeness (QED) is 0.870. The van der Waals surface area contributed by atoms with E-state index >= 15 is 0 Å². The maximum Gasteiger partial charge on any atom is 0.318 e. The smallest absolute Gasteiger partial charge is 0.318 e. The predicted octanol–water partition coefficient (Wildman–Crippen LogP) is 2.63. The van der Waals surface area contributed by atoms with E-state index in [-0.39, 0.29) is 12.1 Å². The van der Waals surface area contributed by atoms with Crippen LogP contribution in [-0.4, -0.2) is 46.7 Å². The van der Waals surface area contributed by atoms with Crippen LogP contribution in [0.4, 0.5) is 10.5 Å². The van der Waals surface area contributed by atoms with Crippen molar-refractivity contribution in [3.05, 3.63) is 48.0 Å². The van der Waals surface area contributed by atoms with E-state index in [2.05, 4.69) is 45.9 Å². The van der Waals surface area contributed by atoms with Crippen LogP contribution in [0.25, 0.3) is 0 Å². The molecule has 6 nitrogen and oxygen atoms in total. The molecule has 3 rings (SSSR count). The van der Waals surface area contributed by atoms with Crippen LogP contribution in [-0.2, 0) is 13.1 Å². The van der Waals surface area contributed by atoms with Gasteiger partial charge in [-0.25, -0.2) is 9.78 Å². The van der Waals surface area contributed by atoms with Crippen molar-refractivity contribution in [3.63, 3.8) is 0 Å². The summed E-state index contributed by atoms with van der Waals surface area (Å²) in [6.45, 7) is 7.11. The molecule has 1 atom stereocenters. The number of fused-ring (bicyclic) bond motifs is 1. The number of hydrogen-bond acceptors (Lipinski definition) is 3. The summed E-state index contributed by atoms with van der Waals surface area (Å²) in [4.78, 5) is 21.1. The number of carbonyl (C=O) groups is 1. The lowest BCUT2D eigenvalue weighted by atomic mass is 10.1. The summed E-state index contributed by atoms with van der Waals surface area (Å²) in [6, 6.07) is 8.48. The number of para-hydroxylation sites is 1. The van der Waals surface area contributed by atoms with Gasteiger partial charge in [-0.1, -0.05) is 18.2 Å². The second-order valence-corrected chi connectivity index (χ2v) is 6.74. The highest BCUT2D eigenvalue weighted by Crippen LogP contribution is 2.25. The molecule has 0 spiro atoms. The van der Waals surface area contributed by atoms with E-state index in [4.69, 9.17) is 0 Å². The summed E-state index contributed by atoms with van der Waals surface area (Å²) < 4.78 is 2.10. The molecule has 0 unspecified atom stereocenters. The fraction of sp³-hybridized carbons (Fsp3) is 0.474. The Bertz CT molecular complexity index is 726. The molecular weight excluding hydrogens is 314 g/mol. The first kappa shape index (κ1) is 17.3. The normalized spacial score (nSPS) is 17.2. The van der Waals surface area contributed by atoms with E-state index in [1.165, 1.54) is 11.3 Å². The Morgan fingerprint density at radius 2 is 2.16 bits per heavy atom. The summed E-state index contributed by atoms with van der Waals surface area (Å²) in [5, 5.41) is 3.07. The van der Waals surface area contributed by atoms with Gasteiger partial charge in [0.05, 0.1) is 0 Å². The highest BCUT2D eigenvalue weighted by atomic mass is 16.2. The third-order valence-electron chi connectivity index (χ3n) is 4.85. The zero-order valence-corrected chi connectivity index (χ0v) is 15.3. The van der Waals surface area contributed by atoms with E-state index in [1.54, 1.807) is 6.20 Å². The first-order chi connectivity index (χ1) is 12.1. The molecule has 0 saturated heterocycles. The summed E-state index contributed by atoms with van der Waals surface area (Å²) in [5.41, 5.74) is 2.40. The molecule has 1 aromatic heterocycles. The average molecular weight is 341 g/mol. The average Bonchev–Trinajstić information content (AvgIpc) is 2.95. The lowest BCUT2D eigenvalue weighted by molar-refractivity contribution is 0.178. The second kappa shape index (κ2) is 7.59. The van der Waals surface area contributed by atoms with Crippen molar-refractivity contribution in [2.24, 2.45) is 0 Å². The van der Waals surface area contributed by atoms with Crippen LogP contribution in [0.2, 0.25) is 0 Å². The number of amides is 2. The molecule has 25 heavy (non-hydrogen) atoms. The van der Waals surface area contributed by atoms with Crippen LogP contribution in [0.15, 0.2) is 36.7 Å². The number of rotatable bonds is 4. The molecule has 0 aliphatic carbocycles. The number of carbonyl (C=O) groups excluding carboxylic acids is 1. The number of anilines is 1. The number of nitrogens with one attached hydrogen (secondary N) is 1. The largest absolute Gasteiger partial charge is 0.372 e. The topological polar surface area (TPSA) is 53.4 Å². The second-order valence-electron chi connectivity index (χ2n) is 6.74. The summed E-state index contributed by atoms with van der Waals surface area (Å²) in [5.74, 6) is 1.01. The molecule has 134 valence electrons. The van der Waals surface area contributed by atoms with Gasteiger partial charge in [0.2, 0.25) is 0 Å². The molecule has 2 heterocycles. The third-order valence-corrected chi connectivity index (χ3v) is 4.85. The molecule has 1 N–H and O–H groups in total. The van der Waals surface area contributed by atoms with E-state index in [1.807, 2.05) is 30.2 Å². The van der Waals surface area contributed by atoms with Gasteiger partial charge in [0, 0.05) is 57.3 Å². The van der Waals surface area contributed by atoms with Crippen LogP contribution in [0.3, 0.4) is 0 Å². The van der Waals surface area contributed by atoms with Gasteiger partial charge >= 0.3 is 6.03 Å². The first-order valence-corrected chi connectivity index (χ1v) is 8.87. The van der Waals surface area contributed by atoms with Crippen LogP contribution in [0.1, 0.15) is 24.7 Å². The van der Waals surface area contributed by atoms with Gasteiger partial charge in [-0.15, -0.1) is 0 Å². The molecule has 1 aromatic carbocycles. The Balaban J connectivity index is 1.57. The van der Waals surface area contributed by atoms with Gasteiger partial charge in [-0.2, -0.15) is 0 Å². The minimum absolute atomic E-state index is 0.0138. The molecule has 0 saturated carbocycles. The minimum atomic E-state index is 0.0138. The highest BCUT2D eigenvalue weighted by Gasteiger charge is 2.26. The van der Waals surface area contributed by atoms with Crippen molar-refractivity contribution in [2.75, 3.05) is 25.0 Å². The molecule has 0 fully saturated rings. The van der Waals surface area contributed by atoms with Gasteiger partial charge in [0.15, 0.2) is 0 Å². The maximum absolute atomic E-state index is 12.7. The molecule has 0 radical (unpaired) electrons. The minimum Gasteiger partial charge on any atom is -0.372 e. The Hall–Kier alpha value is -2.50. The van der Waals surface area contributed by atoms with E-state index in [9.17, 15) is 4.79 Å². The van der Waals surface area contributed by atoms with Crippen molar-refractivity contribution in [1.29, 1.82) is 0 Å². The van der Waals surface area contributed by atoms with Crippen LogP contribution in [0, 0.1) is 6.92 Å². The highest BCUT2D eigenvalue weighted by molar-refractivity contribution is 5.75. The van der Waals surface area contributed by atoms with Crippen molar-refractivity contribution in [3.8, 4) is 0 Å². The number of imidazole rings is 1. The molecule has 1 aliphatic rings. The number of urea groups is 1. The van der Waals surface area contributed by atoms with Gasteiger partial charge in [-0.3, -0.25) is 0 Å². The van der Waals surface area contributed by atoms with Crippen LogP contribution in [0.5, 0.6) is 0 Å². The Morgan fingerprint density at radius 3 is 2.92 bits per heavy atom. The number of aryl methyl sites for hydroxylation is 2. The SMILES string of the molecule is Cc1nccn1CCCNC(=O)N1Cc2ccccc2N(C)C[C@@H]1C. The van der Waals surface area contributed by atoms with Gasteiger partial charge in [-0.05, 0) is 31.9 Å². The third kappa shape index (κ3) is 3.95. The monoisotopic (exact) mass is 341 g/mol. The Kier molecular flexibility index (Phi) is 5.26. The summed E-state index contributed by atoms with van der Waals surface area (Å²) in [7, 11) is 2.09. The van der Waals surface area contributed by atoms with Crippen molar-refractivity contribution >= 4 is 11.7 Å². The molecule has 2 amide bonds. The lowest BCUT2D eigenvalue weighted by Crippen LogP contribution is -2.47. The lowest BCUT2D eigenvalue weighted by Gasteiger charge is -2.28. The van der Waals surface area contributed by atoms with Gasteiger partial charge in [0.1, 0.15) is 5.82 Å². The molecular formula is C19H27N5O.